The number of unbranched alkanes of at least 4 members (excludes halogenated alkanes) is 7. The molecule has 0 fully saturated rings. The number of nitrogens with two attached hydrogens (primary N) is 1. The van der Waals surface area contributed by atoms with Crippen molar-refractivity contribution in [2.24, 2.45) is 5.73 Å². The molecule has 0 heterocycles. The molecule has 0 bridgehead atoms. The summed E-state index contributed by atoms with van der Waals surface area (Å²) in [6.45, 7) is 7.28. The van der Waals surface area contributed by atoms with Gasteiger partial charge in [0.2, 0.25) is 0 Å². The summed E-state index contributed by atoms with van der Waals surface area (Å²) < 4.78 is 0. The number of hydrogen-bond acceptors (Lipinski definition) is 1. The monoisotopic (exact) mass is 227 g/mol. The minimum atomic E-state index is 0.870. The van der Waals surface area contributed by atoms with Gasteiger partial charge < -0.3 is 5.73 Å². The van der Waals surface area contributed by atoms with Gasteiger partial charge in [-0.15, -0.1) is 0 Å². The van der Waals surface area contributed by atoms with E-state index in [9.17, 15) is 0 Å². The van der Waals surface area contributed by atoms with Crippen LogP contribution < -0.4 is 5.73 Å². The summed E-state index contributed by atoms with van der Waals surface area (Å²) in [5, 5.41) is 0. The Labute approximate surface area is 104 Å². The van der Waals surface area contributed by atoms with E-state index in [1.807, 2.05) is 6.92 Å². The first kappa shape index (κ1) is 18.1. The molecule has 0 saturated heterocycles. The van der Waals surface area contributed by atoms with Gasteiger partial charge in [-0.1, -0.05) is 70.9 Å². The topological polar surface area (TPSA) is 26.0 Å². The molecule has 0 radical (unpaired) electrons. The molecule has 2 N–H and O–H groups in total. The minimum absolute atomic E-state index is 0.870. The van der Waals surface area contributed by atoms with Gasteiger partial charge in [0.1, 0.15) is 0 Å². The van der Waals surface area contributed by atoms with E-state index in [4.69, 9.17) is 5.73 Å². The van der Waals surface area contributed by atoms with E-state index in [-0.39, 0.29) is 0 Å². The molecule has 0 saturated carbocycles. The zero-order chi connectivity index (χ0) is 12.5. The Bertz CT molecular complexity index is 111. The molecule has 98 valence electrons. The highest BCUT2D eigenvalue weighted by Crippen LogP contribution is 2.07. The van der Waals surface area contributed by atoms with Gasteiger partial charge in [-0.3, -0.25) is 0 Å². The van der Waals surface area contributed by atoms with Crippen molar-refractivity contribution in [2.75, 3.05) is 6.54 Å². The third-order valence-corrected chi connectivity index (χ3v) is 2.53. The first-order chi connectivity index (χ1) is 7.83. The van der Waals surface area contributed by atoms with Crippen LogP contribution in [0.15, 0.2) is 12.2 Å². The van der Waals surface area contributed by atoms with E-state index in [0.717, 1.165) is 13.0 Å². The van der Waals surface area contributed by atoms with Crippen LogP contribution in [0, 0.1) is 0 Å². The molecule has 0 rings (SSSR count). The van der Waals surface area contributed by atoms with Crippen LogP contribution in [0.1, 0.15) is 78.6 Å². The van der Waals surface area contributed by atoms with E-state index in [1.54, 1.807) is 0 Å². The lowest BCUT2D eigenvalue weighted by atomic mass is 10.1. The number of rotatable bonds is 9. The van der Waals surface area contributed by atoms with Crippen molar-refractivity contribution in [3.05, 3.63) is 12.2 Å². The highest BCUT2D eigenvalue weighted by Gasteiger charge is 1.89. The smallest absolute Gasteiger partial charge is 0.00773 e. The highest BCUT2D eigenvalue weighted by atomic mass is 14.5. The molecule has 0 aromatic heterocycles. The lowest BCUT2D eigenvalue weighted by Crippen LogP contribution is -1.97. The molecule has 0 aromatic rings. The normalized spacial score (nSPS) is 10.2. The Hall–Kier alpha value is -0.300. The second-order valence-electron chi connectivity index (χ2n) is 4.24. The van der Waals surface area contributed by atoms with Crippen LogP contribution in [0.5, 0.6) is 0 Å². The van der Waals surface area contributed by atoms with Crippen molar-refractivity contribution in [2.45, 2.75) is 78.6 Å². The lowest BCUT2D eigenvalue weighted by molar-refractivity contribution is 0.578. The van der Waals surface area contributed by atoms with E-state index >= 15 is 0 Å². The molecule has 0 unspecified atom stereocenters. The number of hydrogen-bond donors (Lipinski definition) is 1. The van der Waals surface area contributed by atoms with E-state index < -0.39 is 0 Å². The molecule has 0 aliphatic carbocycles. The molecule has 0 aromatic carbocycles. The molecule has 0 aliphatic rings. The predicted octanol–water partition coefficient (Wildman–Crippen LogP) is 5.06. The van der Waals surface area contributed by atoms with Gasteiger partial charge in [0.15, 0.2) is 0 Å². The van der Waals surface area contributed by atoms with Crippen LogP contribution in [0.2, 0.25) is 0 Å². The van der Waals surface area contributed by atoms with Crippen LogP contribution >= 0.6 is 0 Å². The van der Waals surface area contributed by atoms with Crippen molar-refractivity contribution in [1.29, 1.82) is 0 Å². The summed E-state index contributed by atoms with van der Waals surface area (Å²) in [7, 11) is 0. The van der Waals surface area contributed by atoms with Crippen molar-refractivity contribution in [3.63, 3.8) is 0 Å². The minimum Gasteiger partial charge on any atom is -0.330 e. The SMILES string of the molecule is CC=CCC.CCCCCCCCCCN. The van der Waals surface area contributed by atoms with E-state index in [1.165, 1.54) is 51.4 Å². The van der Waals surface area contributed by atoms with Crippen LogP contribution in [0.3, 0.4) is 0 Å². The Kier molecular flexibility index (Phi) is 22.8. The average Bonchev–Trinajstić information content (AvgIpc) is 2.30. The van der Waals surface area contributed by atoms with Gasteiger partial charge in [0.25, 0.3) is 0 Å². The molecule has 0 atom stereocenters. The maximum Gasteiger partial charge on any atom is -0.00773 e. The summed E-state index contributed by atoms with van der Waals surface area (Å²) in [4.78, 5) is 0. The third-order valence-electron chi connectivity index (χ3n) is 2.53. The van der Waals surface area contributed by atoms with Gasteiger partial charge in [0, 0.05) is 0 Å². The summed E-state index contributed by atoms with van der Waals surface area (Å²) in [6, 6.07) is 0. The van der Waals surface area contributed by atoms with Gasteiger partial charge in [-0.25, -0.2) is 0 Å². The lowest BCUT2D eigenvalue weighted by Gasteiger charge is -1.99. The second kappa shape index (κ2) is 20.2. The molecule has 0 aliphatic heterocycles. The molecule has 1 nitrogen and oxygen atoms in total. The van der Waals surface area contributed by atoms with Gasteiger partial charge in [-0.2, -0.15) is 0 Å². The fraction of sp³-hybridized carbons (Fsp3) is 0.867. The third kappa shape index (κ3) is 23.5. The molecule has 0 spiro atoms. The van der Waals surface area contributed by atoms with E-state index in [2.05, 4.69) is 26.0 Å². The zero-order valence-electron chi connectivity index (χ0n) is 11.8. The Morgan fingerprint density at radius 1 is 0.812 bits per heavy atom. The predicted molar refractivity (Wildman–Crippen MR) is 76.8 cm³/mol. The zero-order valence-corrected chi connectivity index (χ0v) is 11.8. The van der Waals surface area contributed by atoms with Crippen LogP contribution in [-0.4, -0.2) is 6.54 Å². The second-order valence-corrected chi connectivity index (χ2v) is 4.24. The standard InChI is InChI=1S/C10H23N.C5H10/c1-2-3-4-5-6-7-8-9-10-11;1-3-5-4-2/h2-11H2,1H3;3,5H,4H2,1-2H3. The maximum absolute atomic E-state index is 5.39. The van der Waals surface area contributed by atoms with Gasteiger partial charge in [-0.05, 0) is 26.3 Å². The average molecular weight is 227 g/mol. The molecule has 0 amide bonds. The summed E-state index contributed by atoms with van der Waals surface area (Å²) in [5.74, 6) is 0. The molecule has 1 heteroatoms. The highest BCUT2D eigenvalue weighted by molar-refractivity contribution is 4.73. The molecular weight excluding hydrogens is 194 g/mol. The summed E-state index contributed by atoms with van der Waals surface area (Å²) >= 11 is 0. The first-order valence-electron chi connectivity index (χ1n) is 7.14. The van der Waals surface area contributed by atoms with Crippen LogP contribution in [0.25, 0.3) is 0 Å². The quantitative estimate of drug-likeness (QED) is 0.432. The Balaban J connectivity index is 0. The summed E-state index contributed by atoms with van der Waals surface area (Å²) in [6.07, 6.45) is 16.3. The molecule has 16 heavy (non-hydrogen) atoms. The molecular formula is C15H33N. The Morgan fingerprint density at radius 3 is 1.62 bits per heavy atom. The van der Waals surface area contributed by atoms with E-state index in [0.29, 0.717) is 0 Å². The van der Waals surface area contributed by atoms with Gasteiger partial charge >= 0.3 is 0 Å². The Morgan fingerprint density at radius 2 is 1.31 bits per heavy atom. The first-order valence-corrected chi connectivity index (χ1v) is 7.14. The van der Waals surface area contributed by atoms with Crippen LogP contribution in [-0.2, 0) is 0 Å². The fourth-order valence-electron chi connectivity index (χ4n) is 1.51. The largest absolute Gasteiger partial charge is 0.330 e. The number of allylic oxidation sites excluding steroid dienone is 2. The van der Waals surface area contributed by atoms with Crippen molar-refractivity contribution in [3.8, 4) is 0 Å². The van der Waals surface area contributed by atoms with Crippen molar-refractivity contribution >= 4 is 0 Å². The van der Waals surface area contributed by atoms with Crippen molar-refractivity contribution in [1.82, 2.24) is 0 Å². The van der Waals surface area contributed by atoms with Crippen LogP contribution in [0.4, 0.5) is 0 Å². The summed E-state index contributed by atoms with van der Waals surface area (Å²) in [5.41, 5.74) is 5.39. The maximum atomic E-state index is 5.39. The fourth-order valence-corrected chi connectivity index (χ4v) is 1.51. The van der Waals surface area contributed by atoms with Gasteiger partial charge in [0.05, 0.1) is 0 Å². The van der Waals surface area contributed by atoms with Crippen molar-refractivity contribution < 1.29 is 0 Å².